The monoisotopic (exact) mass is 384 g/mol. The number of carbonyl (C=O) groups excluding carboxylic acids is 1. The highest BCUT2D eigenvalue weighted by Crippen LogP contribution is 2.27. The molecule has 0 heterocycles. The van der Waals surface area contributed by atoms with E-state index >= 15 is 0 Å². The molecule has 0 aliphatic carbocycles. The Labute approximate surface area is 156 Å². The molecule has 25 heavy (non-hydrogen) atoms. The topological polar surface area (TPSA) is 68.8 Å². The molecule has 0 radical (unpaired) electrons. The van der Waals surface area contributed by atoms with Gasteiger partial charge < -0.3 is 24.8 Å². The van der Waals surface area contributed by atoms with Gasteiger partial charge in [0.05, 0.1) is 20.8 Å². The van der Waals surface area contributed by atoms with Gasteiger partial charge >= 0.3 is 6.03 Å². The molecule has 2 aromatic rings. The summed E-state index contributed by atoms with van der Waals surface area (Å²) in [4.78, 5) is 11.8. The zero-order valence-corrected chi connectivity index (χ0v) is 15.3. The first-order chi connectivity index (χ1) is 12.0. The Bertz CT molecular complexity index is 698. The maximum absolute atomic E-state index is 11.8. The van der Waals surface area contributed by atoms with Crippen LogP contribution in [-0.4, -0.2) is 33.4 Å². The van der Waals surface area contributed by atoms with Crippen LogP contribution in [0.5, 0.6) is 17.2 Å². The van der Waals surface area contributed by atoms with E-state index in [1.165, 1.54) is 0 Å². The minimum Gasteiger partial charge on any atom is -0.496 e. The normalized spacial score (nSPS) is 10.1. The van der Waals surface area contributed by atoms with Crippen molar-refractivity contribution in [1.29, 1.82) is 0 Å². The van der Waals surface area contributed by atoms with Crippen molar-refractivity contribution in [3.05, 3.63) is 46.4 Å². The Balaban J connectivity index is 1.79. The van der Waals surface area contributed by atoms with Gasteiger partial charge in [-0.15, -0.1) is 0 Å². The molecule has 0 saturated carbocycles. The number of methoxy groups -OCH3 is 2. The lowest BCUT2D eigenvalue weighted by molar-refractivity contribution is 0.247. The first-order valence-corrected chi connectivity index (χ1v) is 8.12. The fraction of sp³-hybridized carbons (Fsp3) is 0.235. The molecule has 0 aliphatic heterocycles. The standard InChI is InChI=1S/C17H18Cl2N2O4/c1-23-14-8-15(24-2)10-16(9-14)25-4-3-20-17(22)21-13-6-11(18)5-12(19)7-13/h5-10H,3-4H2,1-2H3,(H2,20,21,22). The molecule has 8 heteroatoms. The van der Waals surface area contributed by atoms with Gasteiger partial charge in [0.25, 0.3) is 0 Å². The Kier molecular flexibility index (Phi) is 7.03. The van der Waals surface area contributed by atoms with E-state index < -0.39 is 0 Å². The summed E-state index contributed by atoms with van der Waals surface area (Å²) in [6.07, 6.45) is 0. The molecular formula is C17H18Cl2N2O4. The van der Waals surface area contributed by atoms with Crippen LogP contribution in [0.4, 0.5) is 10.5 Å². The van der Waals surface area contributed by atoms with Gasteiger partial charge in [0.1, 0.15) is 23.9 Å². The Morgan fingerprint density at radius 2 is 1.48 bits per heavy atom. The smallest absolute Gasteiger partial charge is 0.319 e. The van der Waals surface area contributed by atoms with Crippen molar-refractivity contribution in [3.63, 3.8) is 0 Å². The highest BCUT2D eigenvalue weighted by Gasteiger charge is 2.05. The van der Waals surface area contributed by atoms with E-state index in [0.29, 0.717) is 39.5 Å². The maximum Gasteiger partial charge on any atom is 0.319 e. The molecule has 6 nitrogen and oxygen atoms in total. The number of hydrogen-bond acceptors (Lipinski definition) is 4. The molecule has 0 spiro atoms. The van der Waals surface area contributed by atoms with Gasteiger partial charge in [-0.05, 0) is 18.2 Å². The molecule has 0 bridgehead atoms. The third-order valence-electron chi connectivity index (χ3n) is 3.10. The molecule has 2 aromatic carbocycles. The minimum absolute atomic E-state index is 0.278. The molecule has 0 aliphatic rings. The third-order valence-corrected chi connectivity index (χ3v) is 3.54. The lowest BCUT2D eigenvalue weighted by atomic mass is 10.3. The molecule has 0 saturated heterocycles. The zero-order chi connectivity index (χ0) is 18.2. The third kappa shape index (κ3) is 6.25. The molecule has 2 N–H and O–H groups in total. The summed E-state index contributed by atoms with van der Waals surface area (Å²) in [5.74, 6) is 1.83. The predicted octanol–water partition coefficient (Wildman–Crippen LogP) is 4.21. The number of amides is 2. The average Bonchev–Trinajstić information content (AvgIpc) is 2.57. The number of anilines is 1. The highest BCUT2D eigenvalue weighted by atomic mass is 35.5. The van der Waals surface area contributed by atoms with Crippen LogP contribution in [0, 0.1) is 0 Å². The highest BCUT2D eigenvalue weighted by molar-refractivity contribution is 6.35. The Morgan fingerprint density at radius 1 is 0.920 bits per heavy atom. The summed E-state index contributed by atoms with van der Waals surface area (Å²) in [5.41, 5.74) is 0.508. The summed E-state index contributed by atoms with van der Waals surface area (Å²) in [6.45, 7) is 0.583. The van der Waals surface area contributed by atoms with Gasteiger partial charge in [0.15, 0.2) is 0 Å². The van der Waals surface area contributed by atoms with E-state index in [0.717, 1.165) is 0 Å². The molecule has 0 unspecified atom stereocenters. The van der Waals surface area contributed by atoms with Crippen LogP contribution in [0.15, 0.2) is 36.4 Å². The average molecular weight is 385 g/mol. The molecule has 2 amide bonds. The van der Waals surface area contributed by atoms with Gasteiger partial charge in [-0.1, -0.05) is 23.2 Å². The summed E-state index contributed by atoms with van der Waals surface area (Å²) in [6, 6.07) is 9.62. The number of halogens is 2. The van der Waals surface area contributed by atoms with Crippen LogP contribution in [-0.2, 0) is 0 Å². The first-order valence-electron chi connectivity index (χ1n) is 7.37. The van der Waals surface area contributed by atoms with Gasteiger partial charge in [0, 0.05) is 33.9 Å². The lowest BCUT2D eigenvalue weighted by Crippen LogP contribution is -2.32. The van der Waals surface area contributed by atoms with Crippen LogP contribution in [0.25, 0.3) is 0 Å². The number of rotatable bonds is 7. The molecular weight excluding hydrogens is 367 g/mol. The van der Waals surface area contributed by atoms with E-state index in [2.05, 4.69) is 10.6 Å². The second-order valence-corrected chi connectivity index (χ2v) is 5.81. The Hall–Kier alpha value is -2.31. The maximum atomic E-state index is 11.8. The van der Waals surface area contributed by atoms with Crippen molar-refractivity contribution < 1.29 is 19.0 Å². The summed E-state index contributed by atoms with van der Waals surface area (Å²) in [5, 5.41) is 6.20. The molecule has 0 fully saturated rings. The van der Waals surface area contributed by atoms with Crippen molar-refractivity contribution in [2.24, 2.45) is 0 Å². The van der Waals surface area contributed by atoms with Crippen molar-refractivity contribution >= 4 is 34.9 Å². The predicted molar refractivity (Wildman–Crippen MR) is 98.5 cm³/mol. The van der Waals surface area contributed by atoms with E-state index in [9.17, 15) is 4.79 Å². The van der Waals surface area contributed by atoms with E-state index in [1.54, 1.807) is 50.6 Å². The van der Waals surface area contributed by atoms with Gasteiger partial charge in [-0.25, -0.2) is 4.79 Å². The molecule has 0 aromatic heterocycles. The number of nitrogens with one attached hydrogen (secondary N) is 2. The van der Waals surface area contributed by atoms with Crippen molar-refractivity contribution in [2.75, 3.05) is 32.7 Å². The van der Waals surface area contributed by atoms with Crippen LogP contribution in [0.1, 0.15) is 0 Å². The summed E-state index contributed by atoms with van der Waals surface area (Å²) in [7, 11) is 3.12. The fourth-order valence-corrected chi connectivity index (χ4v) is 2.53. The minimum atomic E-state index is -0.384. The van der Waals surface area contributed by atoms with E-state index in [1.807, 2.05) is 0 Å². The van der Waals surface area contributed by atoms with Gasteiger partial charge in [-0.2, -0.15) is 0 Å². The number of carbonyl (C=O) groups is 1. The summed E-state index contributed by atoms with van der Waals surface area (Å²) < 4.78 is 15.9. The Morgan fingerprint density at radius 3 is 2.04 bits per heavy atom. The second kappa shape index (κ2) is 9.25. The van der Waals surface area contributed by atoms with E-state index in [4.69, 9.17) is 37.4 Å². The van der Waals surface area contributed by atoms with Crippen molar-refractivity contribution in [2.45, 2.75) is 0 Å². The summed E-state index contributed by atoms with van der Waals surface area (Å²) >= 11 is 11.8. The first kappa shape index (κ1) is 19.0. The molecule has 134 valence electrons. The quantitative estimate of drug-likeness (QED) is 0.701. The second-order valence-electron chi connectivity index (χ2n) is 4.94. The van der Waals surface area contributed by atoms with Crippen LogP contribution in [0.2, 0.25) is 10.0 Å². The SMILES string of the molecule is COc1cc(OC)cc(OCCNC(=O)Nc2cc(Cl)cc(Cl)c2)c1. The molecule has 2 rings (SSSR count). The van der Waals surface area contributed by atoms with Crippen LogP contribution in [0.3, 0.4) is 0 Å². The number of ether oxygens (including phenoxy) is 3. The zero-order valence-electron chi connectivity index (χ0n) is 13.8. The largest absolute Gasteiger partial charge is 0.496 e. The fourth-order valence-electron chi connectivity index (χ4n) is 2.00. The lowest BCUT2D eigenvalue weighted by Gasteiger charge is -2.11. The van der Waals surface area contributed by atoms with Crippen LogP contribution >= 0.6 is 23.2 Å². The van der Waals surface area contributed by atoms with Crippen LogP contribution < -0.4 is 24.8 Å². The van der Waals surface area contributed by atoms with Crippen molar-refractivity contribution in [3.8, 4) is 17.2 Å². The van der Waals surface area contributed by atoms with E-state index in [-0.39, 0.29) is 12.6 Å². The number of benzene rings is 2. The number of hydrogen-bond donors (Lipinski definition) is 2. The van der Waals surface area contributed by atoms with Gasteiger partial charge in [-0.3, -0.25) is 0 Å². The number of urea groups is 1. The van der Waals surface area contributed by atoms with Crippen molar-refractivity contribution in [1.82, 2.24) is 5.32 Å². The van der Waals surface area contributed by atoms with Gasteiger partial charge in [0.2, 0.25) is 0 Å². The molecule has 0 atom stereocenters.